The van der Waals surface area contributed by atoms with E-state index < -0.39 is 0 Å². The molecule has 0 atom stereocenters. The Morgan fingerprint density at radius 2 is 2.11 bits per heavy atom. The van der Waals surface area contributed by atoms with Gasteiger partial charge in [-0.3, -0.25) is 0 Å². The summed E-state index contributed by atoms with van der Waals surface area (Å²) in [6.45, 7) is 7.21. The van der Waals surface area contributed by atoms with Gasteiger partial charge in [0, 0.05) is 11.7 Å². The van der Waals surface area contributed by atoms with E-state index in [2.05, 4.69) is 19.2 Å². The van der Waals surface area contributed by atoms with Crippen LogP contribution in [0.3, 0.4) is 0 Å². The van der Waals surface area contributed by atoms with Crippen LogP contribution in [0.25, 0.3) is 0 Å². The molecule has 0 aliphatic heterocycles. The molecule has 0 heterocycles. The third-order valence-electron chi connectivity index (χ3n) is 3.72. The van der Waals surface area contributed by atoms with Gasteiger partial charge in [0.05, 0.1) is 11.6 Å². The van der Waals surface area contributed by atoms with E-state index in [4.69, 9.17) is 16.3 Å². The molecule has 0 spiro atoms. The highest BCUT2D eigenvalue weighted by atomic mass is 35.5. The topological polar surface area (TPSA) is 21.3 Å². The maximum atomic E-state index is 6.17. The molecule has 0 bridgehead atoms. The van der Waals surface area contributed by atoms with Crippen molar-refractivity contribution in [2.45, 2.75) is 39.7 Å². The van der Waals surface area contributed by atoms with E-state index in [0.29, 0.717) is 17.7 Å². The first-order valence-corrected chi connectivity index (χ1v) is 7.16. The highest BCUT2D eigenvalue weighted by Gasteiger charge is 2.30. The summed E-state index contributed by atoms with van der Waals surface area (Å²) >= 11 is 6.17. The predicted molar refractivity (Wildman–Crippen MR) is 77.6 cm³/mol. The van der Waals surface area contributed by atoms with Gasteiger partial charge in [0.1, 0.15) is 5.75 Å². The number of nitrogens with one attached hydrogen (secondary N) is 1. The van der Waals surface area contributed by atoms with Crippen molar-refractivity contribution in [3.63, 3.8) is 0 Å². The Balaban J connectivity index is 1.89. The summed E-state index contributed by atoms with van der Waals surface area (Å²) in [5.41, 5.74) is 1.09. The fourth-order valence-corrected chi connectivity index (χ4v) is 2.66. The Hall–Kier alpha value is -0.890. The zero-order valence-corrected chi connectivity index (χ0v) is 12.1. The number of halogens is 1. The molecule has 18 heavy (non-hydrogen) atoms. The lowest BCUT2D eigenvalue weighted by atomic mass is 9.73. The normalized spacial score (nSPS) is 22.7. The molecule has 1 fully saturated rings. The van der Waals surface area contributed by atoms with E-state index >= 15 is 0 Å². The summed E-state index contributed by atoms with van der Waals surface area (Å²) in [5.74, 6) is 2.44. The van der Waals surface area contributed by atoms with Crippen molar-refractivity contribution < 1.29 is 4.74 Å². The van der Waals surface area contributed by atoms with E-state index in [0.717, 1.165) is 23.3 Å². The molecule has 3 heteroatoms. The molecule has 100 valence electrons. The maximum absolute atomic E-state index is 6.17. The molecule has 0 saturated heterocycles. The summed E-state index contributed by atoms with van der Waals surface area (Å²) < 4.78 is 5.43. The first-order chi connectivity index (χ1) is 8.60. The van der Waals surface area contributed by atoms with Crippen molar-refractivity contribution in [2.24, 2.45) is 11.8 Å². The number of rotatable bonds is 5. The standard InChI is InChI=1S/C15H22ClNO/c1-4-18-15-6-5-12(9-14(15)16)17-13-7-11(8-13)10(2)3/h5-6,9-11,13,17H,4,7-8H2,1-3H3. The van der Waals surface area contributed by atoms with Crippen LogP contribution in [0.5, 0.6) is 5.75 Å². The first-order valence-electron chi connectivity index (χ1n) is 6.79. The fraction of sp³-hybridized carbons (Fsp3) is 0.600. The van der Waals surface area contributed by atoms with E-state index in [1.165, 1.54) is 12.8 Å². The average Bonchev–Trinajstić information content (AvgIpc) is 2.26. The molecule has 2 rings (SSSR count). The number of benzene rings is 1. The molecular weight excluding hydrogens is 246 g/mol. The minimum absolute atomic E-state index is 0.603. The molecule has 0 amide bonds. The zero-order chi connectivity index (χ0) is 13.1. The van der Waals surface area contributed by atoms with Crippen LogP contribution in [0.2, 0.25) is 5.02 Å². The summed E-state index contributed by atoms with van der Waals surface area (Å²) in [6, 6.07) is 6.54. The van der Waals surface area contributed by atoms with Crippen LogP contribution in [0.4, 0.5) is 5.69 Å². The van der Waals surface area contributed by atoms with E-state index in [-0.39, 0.29) is 0 Å². The molecule has 1 saturated carbocycles. The van der Waals surface area contributed by atoms with Crippen LogP contribution in [-0.4, -0.2) is 12.6 Å². The summed E-state index contributed by atoms with van der Waals surface area (Å²) in [4.78, 5) is 0. The van der Waals surface area contributed by atoms with E-state index in [1.54, 1.807) is 0 Å². The first kappa shape index (κ1) is 13.5. The lowest BCUT2D eigenvalue weighted by molar-refractivity contribution is 0.212. The van der Waals surface area contributed by atoms with Gasteiger partial charge < -0.3 is 10.1 Å². The van der Waals surface area contributed by atoms with Gasteiger partial charge in [-0.25, -0.2) is 0 Å². The molecule has 0 aromatic heterocycles. The Labute approximate surface area is 115 Å². The van der Waals surface area contributed by atoms with Crippen molar-refractivity contribution >= 4 is 17.3 Å². The van der Waals surface area contributed by atoms with Gasteiger partial charge >= 0.3 is 0 Å². The second-order valence-electron chi connectivity index (χ2n) is 5.39. The van der Waals surface area contributed by atoms with Crippen molar-refractivity contribution in [3.05, 3.63) is 23.2 Å². The van der Waals surface area contributed by atoms with Crippen LogP contribution < -0.4 is 10.1 Å². The summed E-state index contributed by atoms with van der Waals surface area (Å²) in [7, 11) is 0. The molecule has 1 N–H and O–H groups in total. The average molecular weight is 268 g/mol. The van der Waals surface area contributed by atoms with E-state index in [9.17, 15) is 0 Å². The van der Waals surface area contributed by atoms with Crippen LogP contribution in [-0.2, 0) is 0 Å². The van der Waals surface area contributed by atoms with Crippen molar-refractivity contribution in [1.29, 1.82) is 0 Å². The highest BCUT2D eigenvalue weighted by molar-refractivity contribution is 6.32. The highest BCUT2D eigenvalue weighted by Crippen LogP contribution is 2.36. The minimum atomic E-state index is 0.603. The van der Waals surface area contributed by atoms with Crippen molar-refractivity contribution in [2.75, 3.05) is 11.9 Å². The molecule has 1 aromatic carbocycles. The molecule has 0 unspecified atom stereocenters. The Bertz CT molecular complexity index is 399. The second-order valence-corrected chi connectivity index (χ2v) is 5.80. The predicted octanol–water partition coefficient (Wildman–Crippen LogP) is 4.59. The van der Waals surface area contributed by atoms with Gasteiger partial charge in [-0.05, 0) is 49.8 Å². The van der Waals surface area contributed by atoms with Crippen molar-refractivity contribution in [3.8, 4) is 5.75 Å². The molecule has 1 aliphatic carbocycles. The quantitative estimate of drug-likeness (QED) is 0.843. The minimum Gasteiger partial charge on any atom is -0.492 e. The third kappa shape index (κ3) is 3.11. The van der Waals surface area contributed by atoms with E-state index in [1.807, 2.05) is 25.1 Å². The van der Waals surface area contributed by atoms with Gasteiger partial charge in [-0.1, -0.05) is 25.4 Å². The molecule has 1 aliphatic rings. The summed E-state index contributed by atoms with van der Waals surface area (Å²) in [6.07, 6.45) is 2.53. The Kier molecular flexibility index (Phi) is 4.39. The maximum Gasteiger partial charge on any atom is 0.138 e. The number of hydrogen-bond acceptors (Lipinski definition) is 2. The lowest BCUT2D eigenvalue weighted by Gasteiger charge is -2.39. The van der Waals surface area contributed by atoms with Gasteiger partial charge in [-0.2, -0.15) is 0 Å². The SMILES string of the molecule is CCOc1ccc(NC2CC(C(C)C)C2)cc1Cl. The van der Waals surface area contributed by atoms with Crippen LogP contribution in [0.1, 0.15) is 33.6 Å². The second kappa shape index (κ2) is 5.83. The molecular formula is C15H22ClNO. The largest absolute Gasteiger partial charge is 0.492 e. The van der Waals surface area contributed by atoms with Gasteiger partial charge in [0.2, 0.25) is 0 Å². The van der Waals surface area contributed by atoms with Crippen LogP contribution >= 0.6 is 11.6 Å². The monoisotopic (exact) mass is 267 g/mol. The Morgan fingerprint density at radius 1 is 1.39 bits per heavy atom. The fourth-order valence-electron chi connectivity index (χ4n) is 2.42. The van der Waals surface area contributed by atoms with Gasteiger partial charge in [0.15, 0.2) is 0 Å². The smallest absolute Gasteiger partial charge is 0.138 e. The van der Waals surface area contributed by atoms with Gasteiger partial charge in [0.25, 0.3) is 0 Å². The van der Waals surface area contributed by atoms with Crippen LogP contribution in [0, 0.1) is 11.8 Å². The zero-order valence-electron chi connectivity index (χ0n) is 11.4. The van der Waals surface area contributed by atoms with Gasteiger partial charge in [-0.15, -0.1) is 0 Å². The number of anilines is 1. The summed E-state index contributed by atoms with van der Waals surface area (Å²) in [5, 5.41) is 4.22. The number of ether oxygens (including phenoxy) is 1. The molecule has 0 radical (unpaired) electrons. The van der Waals surface area contributed by atoms with Crippen LogP contribution in [0.15, 0.2) is 18.2 Å². The molecule has 1 aromatic rings. The number of hydrogen-bond donors (Lipinski definition) is 1. The Morgan fingerprint density at radius 3 is 2.67 bits per heavy atom. The molecule has 2 nitrogen and oxygen atoms in total. The third-order valence-corrected chi connectivity index (χ3v) is 4.02. The lowest BCUT2D eigenvalue weighted by Crippen LogP contribution is -2.37. The van der Waals surface area contributed by atoms with Crippen molar-refractivity contribution in [1.82, 2.24) is 0 Å².